The fourth-order valence-corrected chi connectivity index (χ4v) is 6.52. The van der Waals surface area contributed by atoms with Gasteiger partial charge in [0, 0.05) is 26.2 Å². The molecule has 0 fully saturated rings. The summed E-state index contributed by atoms with van der Waals surface area (Å²) in [6, 6.07) is 45.8. The van der Waals surface area contributed by atoms with Gasteiger partial charge in [0.05, 0.1) is 0 Å². The van der Waals surface area contributed by atoms with Crippen LogP contribution in [-0.4, -0.2) is 0 Å². The topological polar surface area (TPSA) is 9.23 Å². The fraction of sp³-hybridized carbons (Fsp3) is 0.0769. The smallest absolute Gasteiger partial charge is 0.139 e. The molecule has 8 rings (SSSR count). The van der Waals surface area contributed by atoms with Gasteiger partial charge in [-0.15, -0.1) is 0 Å². The Labute approximate surface area is 239 Å². The molecule has 0 amide bonds. The quantitative estimate of drug-likeness (QED) is 0.211. The summed E-state index contributed by atoms with van der Waals surface area (Å²) < 4.78 is 32.4. The Balaban J connectivity index is 1.40. The Morgan fingerprint density at radius 3 is 1.55 bits per heavy atom. The van der Waals surface area contributed by atoms with Gasteiger partial charge in [0.25, 0.3) is 0 Å². The van der Waals surface area contributed by atoms with Crippen molar-refractivity contribution >= 4 is 0 Å². The summed E-state index contributed by atoms with van der Waals surface area (Å²) in [6.45, 7) is -0.461. The van der Waals surface area contributed by atoms with Gasteiger partial charge < -0.3 is 4.74 Å². The third kappa shape index (κ3) is 3.28. The van der Waals surface area contributed by atoms with E-state index in [1.165, 1.54) is 27.8 Å². The van der Waals surface area contributed by atoms with Crippen LogP contribution in [0.15, 0.2) is 133 Å². The van der Waals surface area contributed by atoms with Crippen molar-refractivity contribution in [2.75, 3.05) is 0 Å². The van der Waals surface area contributed by atoms with E-state index in [-0.39, 0.29) is 0 Å². The number of rotatable bonds is 1. The lowest BCUT2D eigenvalue weighted by molar-refractivity contribution is 0.419. The van der Waals surface area contributed by atoms with E-state index in [1.54, 1.807) is 0 Å². The zero-order valence-corrected chi connectivity index (χ0v) is 22.1. The number of fused-ring (bicyclic) bond motifs is 10. The second-order valence-electron chi connectivity index (χ2n) is 10.8. The Hall–Kier alpha value is -4.88. The van der Waals surface area contributed by atoms with E-state index in [0.29, 0.717) is 22.6 Å². The molecule has 0 spiro atoms. The number of hydrogen-bond acceptors (Lipinski definition) is 1. The molecule has 1 heterocycles. The van der Waals surface area contributed by atoms with Crippen molar-refractivity contribution in [3.8, 4) is 67.1 Å². The van der Waals surface area contributed by atoms with E-state index in [9.17, 15) is 0 Å². The van der Waals surface area contributed by atoms with Crippen molar-refractivity contribution in [1.82, 2.24) is 0 Å². The minimum absolute atomic E-state index is 0.586. The second-order valence-corrected chi connectivity index (χ2v) is 10.8. The van der Waals surface area contributed by atoms with Crippen molar-refractivity contribution in [2.24, 2.45) is 0 Å². The molecule has 0 saturated heterocycles. The number of hydrogen-bond donors (Lipinski definition) is 0. The summed E-state index contributed by atoms with van der Waals surface area (Å²) in [6.07, 6.45) is 0. The van der Waals surface area contributed by atoms with Crippen LogP contribution in [0.1, 0.15) is 29.0 Å². The molecule has 1 unspecified atom stereocenters. The highest BCUT2D eigenvalue weighted by molar-refractivity contribution is 6.04. The number of ether oxygens (including phenoxy) is 1. The highest BCUT2D eigenvalue weighted by Crippen LogP contribution is 2.53. The first-order chi connectivity index (χ1) is 20.9. The van der Waals surface area contributed by atoms with Gasteiger partial charge >= 0.3 is 0 Å². The molecule has 0 aromatic heterocycles. The first-order valence-corrected chi connectivity index (χ1v) is 13.7. The number of benzene rings is 6. The predicted molar refractivity (Wildman–Crippen MR) is 166 cm³/mol. The van der Waals surface area contributed by atoms with Crippen molar-refractivity contribution in [3.63, 3.8) is 0 Å². The fourth-order valence-electron chi connectivity index (χ4n) is 6.52. The van der Waals surface area contributed by atoms with Crippen LogP contribution in [0.3, 0.4) is 0 Å². The highest BCUT2D eigenvalue weighted by Gasteiger charge is 2.35. The van der Waals surface area contributed by atoms with Crippen LogP contribution >= 0.6 is 0 Å². The Morgan fingerprint density at radius 2 is 0.950 bits per heavy atom. The van der Waals surface area contributed by atoms with E-state index in [2.05, 4.69) is 91.0 Å². The normalized spacial score (nSPS) is 17.5. The maximum atomic E-state index is 8.62. The molecular weight excluding hydrogens is 484 g/mol. The molecule has 0 bridgehead atoms. The zero-order chi connectivity index (χ0) is 29.3. The predicted octanol–water partition coefficient (Wildman–Crippen LogP) is 10.8. The van der Waals surface area contributed by atoms with Gasteiger partial charge in [0.2, 0.25) is 0 Å². The third-order valence-electron chi connectivity index (χ3n) is 8.46. The zero-order valence-electron chi connectivity index (χ0n) is 25.1. The molecule has 40 heavy (non-hydrogen) atoms. The highest BCUT2D eigenvalue weighted by atomic mass is 16.5. The van der Waals surface area contributed by atoms with Gasteiger partial charge in [-0.25, -0.2) is 0 Å². The van der Waals surface area contributed by atoms with Crippen LogP contribution in [-0.2, 0) is 5.41 Å². The standard InChI is InChI=1S/C39H28O/c1-39(2)35-19-9-10-21-37(35)40-38-26(18-11-20-36(38)39)25-22-23-33-31-16-6-5-14-29(31)27-12-3-4-13-28(27)30-15-7-8-17-32(30)34(33)24-25/h3-24H,1-2H3/i1D3. The van der Waals surface area contributed by atoms with E-state index in [1.807, 2.05) is 49.4 Å². The van der Waals surface area contributed by atoms with Crippen LogP contribution in [0, 0.1) is 0 Å². The molecule has 1 atom stereocenters. The lowest BCUT2D eigenvalue weighted by atomic mass is 9.74. The van der Waals surface area contributed by atoms with Gasteiger partial charge in [0.1, 0.15) is 11.5 Å². The minimum atomic E-state index is -2.28. The first-order valence-electron chi connectivity index (χ1n) is 15.2. The Kier molecular flexibility index (Phi) is 4.30. The molecule has 0 saturated carbocycles. The molecule has 0 N–H and O–H groups in total. The summed E-state index contributed by atoms with van der Waals surface area (Å²) in [5.41, 5.74) is 11.4. The van der Waals surface area contributed by atoms with Gasteiger partial charge in [-0.3, -0.25) is 0 Å². The van der Waals surface area contributed by atoms with Gasteiger partial charge in [-0.1, -0.05) is 135 Å². The second kappa shape index (κ2) is 8.56. The molecule has 1 heteroatoms. The molecule has 1 aliphatic carbocycles. The van der Waals surface area contributed by atoms with Crippen molar-refractivity contribution in [2.45, 2.75) is 19.2 Å². The molecular formula is C39H28O. The average molecular weight is 516 g/mol. The molecule has 6 aromatic rings. The van der Waals surface area contributed by atoms with Gasteiger partial charge in [0.15, 0.2) is 0 Å². The average Bonchev–Trinajstić information content (AvgIpc) is 3.03. The SMILES string of the molecule is [2H]C([2H])([2H])C1(C)c2ccccc2Oc2c(-c3ccc4c(c3)-c3ccccc3-c3ccccc3-c3ccccc3-4)cccc21. The van der Waals surface area contributed by atoms with Crippen LogP contribution in [0.25, 0.3) is 55.6 Å². The maximum Gasteiger partial charge on any atom is 0.139 e. The van der Waals surface area contributed by atoms with Crippen molar-refractivity contribution in [1.29, 1.82) is 0 Å². The van der Waals surface area contributed by atoms with Crippen LogP contribution in [0.4, 0.5) is 0 Å². The monoisotopic (exact) mass is 515 g/mol. The van der Waals surface area contributed by atoms with Crippen molar-refractivity contribution < 1.29 is 8.85 Å². The summed E-state index contributed by atoms with van der Waals surface area (Å²) >= 11 is 0. The summed E-state index contributed by atoms with van der Waals surface area (Å²) in [7, 11) is 0. The molecule has 0 radical (unpaired) electrons. The van der Waals surface area contributed by atoms with E-state index in [4.69, 9.17) is 8.85 Å². The van der Waals surface area contributed by atoms with Crippen molar-refractivity contribution in [3.05, 3.63) is 145 Å². The van der Waals surface area contributed by atoms with Gasteiger partial charge in [-0.05, 0) is 62.2 Å². The Morgan fingerprint density at radius 1 is 0.475 bits per heavy atom. The van der Waals surface area contributed by atoms with E-state index >= 15 is 0 Å². The van der Waals surface area contributed by atoms with E-state index < -0.39 is 12.3 Å². The largest absolute Gasteiger partial charge is 0.456 e. The lowest BCUT2D eigenvalue weighted by Gasteiger charge is -2.35. The molecule has 2 aliphatic rings. The summed E-state index contributed by atoms with van der Waals surface area (Å²) in [4.78, 5) is 0. The number of para-hydroxylation sites is 2. The molecule has 190 valence electrons. The first kappa shape index (κ1) is 20.1. The van der Waals surface area contributed by atoms with Crippen LogP contribution in [0.5, 0.6) is 11.5 Å². The Bertz CT molecular complexity index is 2070. The molecule has 1 aliphatic heterocycles. The summed E-state index contributed by atoms with van der Waals surface area (Å²) in [5, 5.41) is 0. The minimum Gasteiger partial charge on any atom is -0.456 e. The maximum absolute atomic E-state index is 8.62. The third-order valence-corrected chi connectivity index (χ3v) is 8.46. The molecule has 6 aromatic carbocycles. The lowest BCUT2D eigenvalue weighted by Crippen LogP contribution is -2.24. The van der Waals surface area contributed by atoms with Crippen LogP contribution < -0.4 is 4.74 Å². The summed E-state index contributed by atoms with van der Waals surface area (Å²) in [5.74, 6) is 1.19. The van der Waals surface area contributed by atoms with Gasteiger partial charge in [-0.2, -0.15) is 0 Å². The van der Waals surface area contributed by atoms with E-state index in [0.717, 1.165) is 27.8 Å². The molecule has 1 nitrogen and oxygen atoms in total. The van der Waals surface area contributed by atoms with Crippen LogP contribution in [0.2, 0.25) is 0 Å².